The van der Waals surface area contributed by atoms with E-state index < -0.39 is 0 Å². The molecule has 9 rings (SSSR count). The second-order valence-corrected chi connectivity index (χ2v) is 12.0. The van der Waals surface area contributed by atoms with Crippen LogP contribution in [0.25, 0.3) is 64.0 Å². The minimum atomic E-state index is 0.900. The minimum absolute atomic E-state index is 0.900. The van der Waals surface area contributed by atoms with E-state index in [4.69, 9.17) is 4.42 Å². The Bertz CT molecular complexity index is 2480. The van der Waals surface area contributed by atoms with Crippen LogP contribution in [-0.4, -0.2) is 0 Å². The van der Waals surface area contributed by atoms with E-state index in [1.54, 1.807) is 0 Å². The molecule has 0 aliphatic rings. The number of nitrogens with zero attached hydrogens (tertiary/aromatic N) is 1. The summed E-state index contributed by atoms with van der Waals surface area (Å²) in [5.74, 6) is 0. The Labute approximate surface area is 252 Å². The van der Waals surface area contributed by atoms with Crippen molar-refractivity contribution in [1.82, 2.24) is 0 Å². The molecular weight excluding hydrogens is 543 g/mol. The highest BCUT2D eigenvalue weighted by molar-refractivity contribution is 7.26. The lowest BCUT2D eigenvalue weighted by Gasteiger charge is -2.29. The Kier molecular flexibility index (Phi) is 5.40. The van der Waals surface area contributed by atoms with Gasteiger partial charge in [0, 0.05) is 37.2 Å². The molecule has 0 N–H and O–H groups in total. The lowest BCUT2D eigenvalue weighted by Crippen LogP contribution is -2.12. The lowest BCUT2D eigenvalue weighted by molar-refractivity contribution is 0.669. The predicted octanol–water partition coefficient (Wildman–Crippen LogP) is 12.2. The van der Waals surface area contributed by atoms with Gasteiger partial charge in [-0.1, -0.05) is 109 Å². The van der Waals surface area contributed by atoms with E-state index in [2.05, 4.69) is 144 Å². The van der Waals surface area contributed by atoms with Crippen molar-refractivity contribution < 1.29 is 4.42 Å². The summed E-state index contributed by atoms with van der Waals surface area (Å²) >= 11 is 1.86. The van der Waals surface area contributed by atoms with Gasteiger partial charge in [0.2, 0.25) is 0 Å². The summed E-state index contributed by atoms with van der Waals surface area (Å²) < 4.78 is 8.90. The van der Waals surface area contributed by atoms with Gasteiger partial charge in [0.15, 0.2) is 0 Å². The Morgan fingerprint density at radius 2 is 1.09 bits per heavy atom. The number of para-hydroxylation sites is 2. The zero-order chi connectivity index (χ0) is 28.3. The summed E-state index contributed by atoms with van der Waals surface area (Å²) in [6.07, 6.45) is 0. The van der Waals surface area contributed by atoms with E-state index in [1.165, 1.54) is 36.6 Å². The monoisotopic (exact) mass is 567 g/mol. The van der Waals surface area contributed by atoms with Gasteiger partial charge in [-0.05, 0) is 53.4 Å². The second-order valence-electron chi connectivity index (χ2n) is 10.9. The van der Waals surface area contributed by atoms with Crippen LogP contribution < -0.4 is 4.90 Å². The molecule has 0 fully saturated rings. The molecule has 7 aromatic carbocycles. The zero-order valence-electron chi connectivity index (χ0n) is 23.2. The molecule has 3 heteroatoms. The van der Waals surface area contributed by atoms with Crippen LogP contribution in [0.1, 0.15) is 0 Å². The number of rotatable bonds is 4. The highest BCUT2D eigenvalue weighted by Gasteiger charge is 2.22. The van der Waals surface area contributed by atoms with Crippen LogP contribution in [-0.2, 0) is 0 Å². The summed E-state index contributed by atoms with van der Waals surface area (Å²) in [4.78, 5) is 2.46. The van der Waals surface area contributed by atoms with Crippen molar-refractivity contribution in [1.29, 1.82) is 0 Å². The van der Waals surface area contributed by atoms with E-state index in [9.17, 15) is 0 Å². The Balaban J connectivity index is 1.34. The third-order valence-electron chi connectivity index (χ3n) is 8.47. The molecule has 0 radical (unpaired) electrons. The smallest absolute Gasteiger partial charge is 0.136 e. The predicted molar refractivity (Wildman–Crippen MR) is 184 cm³/mol. The molecule has 0 aliphatic heterocycles. The van der Waals surface area contributed by atoms with Gasteiger partial charge in [-0.25, -0.2) is 0 Å². The quantitative estimate of drug-likeness (QED) is 0.210. The maximum absolute atomic E-state index is 6.32. The van der Waals surface area contributed by atoms with Crippen molar-refractivity contribution in [3.8, 4) is 11.1 Å². The molecule has 43 heavy (non-hydrogen) atoms. The first-order chi connectivity index (χ1) is 21.3. The molecule has 2 heterocycles. The van der Waals surface area contributed by atoms with Crippen LogP contribution >= 0.6 is 11.3 Å². The van der Waals surface area contributed by atoms with Gasteiger partial charge in [-0.3, -0.25) is 0 Å². The van der Waals surface area contributed by atoms with E-state index in [0.717, 1.165) is 44.4 Å². The first kappa shape index (κ1) is 24.2. The van der Waals surface area contributed by atoms with Crippen LogP contribution in [0.15, 0.2) is 156 Å². The van der Waals surface area contributed by atoms with Gasteiger partial charge in [0.05, 0.1) is 21.8 Å². The van der Waals surface area contributed by atoms with Crippen molar-refractivity contribution in [3.63, 3.8) is 0 Å². The first-order valence-corrected chi connectivity index (χ1v) is 15.3. The SMILES string of the molecule is c1ccc(N(c2cccc3ccccc23)c2cccc3c2sc2ccccc23)c(-c2ccc3c(c2)oc2ccccc23)c1. The number of anilines is 3. The molecule has 0 spiro atoms. The molecule has 0 saturated heterocycles. The van der Waals surface area contributed by atoms with Gasteiger partial charge >= 0.3 is 0 Å². The molecule has 0 bridgehead atoms. The largest absolute Gasteiger partial charge is 0.456 e. The van der Waals surface area contributed by atoms with Crippen molar-refractivity contribution in [2.45, 2.75) is 0 Å². The number of fused-ring (bicyclic) bond motifs is 7. The second kappa shape index (κ2) is 9.59. The van der Waals surface area contributed by atoms with Gasteiger partial charge in [-0.2, -0.15) is 0 Å². The average molecular weight is 568 g/mol. The summed E-state index contributed by atoms with van der Waals surface area (Å²) in [5, 5.41) is 7.29. The highest BCUT2D eigenvalue weighted by Crippen LogP contribution is 2.48. The first-order valence-electron chi connectivity index (χ1n) is 14.5. The summed E-state index contributed by atoms with van der Waals surface area (Å²) in [6, 6.07) is 54.3. The van der Waals surface area contributed by atoms with Crippen molar-refractivity contribution in [2.75, 3.05) is 4.90 Å². The molecule has 0 atom stereocenters. The third-order valence-corrected chi connectivity index (χ3v) is 9.68. The summed E-state index contributed by atoms with van der Waals surface area (Å²) in [5.41, 5.74) is 7.53. The van der Waals surface area contributed by atoms with Gasteiger partial charge in [0.1, 0.15) is 11.2 Å². The molecule has 2 aromatic heterocycles. The Hall–Kier alpha value is -5.38. The molecule has 0 amide bonds. The Morgan fingerprint density at radius 3 is 2.05 bits per heavy atom. The number of hydrogen-bond donors (Lipinski definition) is 0. The fraction of sp³-hybridized carbons (Fsp3) is 0. The van der Waals surface area contributed by atoms with E-state index in [0.29, 0.717) is 0 Å². The molecular formula is C40H25NOS. The average Bonchev–Trinajstić information content (AvgIpc) is 3.64. The molecule has 9 aromatic rings. The zero-order valence-corrected chi connectivity index (χ0v) is 24.0. The Morgan fingerprint density at radius 1 is 0.442 bits per heavy atom. The lowest BCUT2D eigenvalue weighted by atomic mass is 9.99. The summed E-state index contributed by atoms with van der Waals surface area (Å²) in [6.45, 7) is 0. The van der Waals surface area contributed by atoms with Crippen LogP contribution in [0.4, 0.5) is 17.1 Å². The fourth-order valence-corrected chi connectivity index (χ4v) is 7.71. The molecule has 202 valence electrons. The van der Waals surface area contributed by atoms with Crippen molar-refractivity contribution in [3.05, 3.63) is 152 Å². The number of benzene rings is 7. The minimum Gasteiger partial charge on any atom is -0.456 e. The topological polar surface area (TPSA) is 16.4 Å². The van der Waals surface area contributed by atoms with Crippen LogP contribution in [0.5, 0.6) is 0 Å². The standard InChI is InChI=1S/C40H25NOS/c1-2-13-28-26(11-1)12-9-19-35(28)41(36-20-10-17-33-32-16-5-8-22-39(32)43-40(33)36)34-18-6-3-14-29(34)27-23-24-31-30-15-4-7-21-37(30)42-38(31)25-27/h1-25H. The molecule has 0 unspecified atom stereocenters. The normalized spacial score (nSPS) is 11.7. The summed E-state index contributed by atoms with van der Waals surface area (Å²) in [7, 11) is 0. The van der Waals surface area contributed by atoms with Gasteiger partial charge < -0.3 is 9.32 Å². The van der Waals surface area contributed by atoms with Gasteiger partial charge in [-0.15, -0.1) is 11.3 Å². The van der Waals surface area contributed by atoms with Crippen LogP contribution in [0.3, 0.4) is 0 Å². The maximum Gasteiger partial charge on any atom is 0.136 e. The molecule has 0 aliphatic carbocycles. The van der Waals surface area contributed by atoms with Gasteiger partial charge in [0.25, 0.3) is 0 Å². The number of hydrogen-bond acceptors (Lipinski definition) is 3. The van der Waals surface area contributed by atoms with Crippen molar-refractivity contribution in [2.24, 2.45) is 0 Å². The maximum atomic E-state index is 6.32. The van der Waals surface area contributed by atoms with E-state index in [-0.39, 0.29) is 0 Å². The fourth-order valence-electron chi connectivity index (χ4n) is 6.51. The van der Waals surface area contributed by atoms with E-state index in [1.807, 2.05) is 23.5 Å². The number of thiophene rings is 1. The van der Waals surface area contributed by atoms with E-state index >= 15 is 0 Å². The third kappa shape index (κ3) is 3.79. The highest BCUT2D eigenvalue weighted by atomic mass is 32.1. The molecule has 0 saturated carbocycles. The number of furan rings is 1. The van der Waals surface area contributed by atoms with Crippen molar-refractivity contribution >= 4 is 81.3 Å². The van der Waals surface area contributed by atoms with Crippen LogP contribution in [0.2, 0.25) is 0 Å². The molecule has 2 nitrogen and oxygen atoms in total. The van der Waals surface area contributed by atoms with Crippen LogP contribution in [0, 0.1) is 0 Å².